The van der Waals surface area contributed by atoms with Gasteiger partial charge in [-0.3, -0.25) is 4.79 Å². The van der Waals surface area contributed by atoms with Gasteiger partial charge in [0.1, 0.15) is 0 Å². The van der Waals surface area contributed by atoms with E-state index < -0.39 is 0 Å². The van der Waals surface area contributed by atoms with E-state index in [1.165, 1.54) is 5.56 Å². The molecule has 1 fully saturated rings. The summed E-state index contributed by atoms with van der Waals surface area (Å²) in [5, 5.41) is 12.6. The summed E-state index contributed by atoms with van der Waals surface area (Å²) < 4.78 is 0. The second-order valence-electron chi connectivity index (χ2n) is 6.25. The third kappa shape index (κ3) is 3.60. The fraction of sp³-hybridized carbons (Fsp3) is 0.588. The van der Waals surface area contributed by atoms with Crippen LogP contribution in [0.5, 0.6) is 0 Å². The van der Waals surface area contributed by atoms with Crippen LogP contribution in [0.2, 0.25) is 0 Å². The smallest absolute Gasteiger partial charge is 0.224 e. The van der Waals surface area contributed by atoms with Gasteiger partial charge < -0.3 is 10.4 Å². The first-order valence-corrected chi connectivity index (χ1v) is 7.48. The number of hydrogen-bond acceptors (Lipinski definition) is 2. The van der Waals surface area contributed by atoms with Crippen LogP contribution in [0.4, 0.5) is 0 Å². The molecule has 0 heterocycles. The van der Waals surface area contributed by atoms with Gasteiger partial charge >= 0.3 is 0 Å². The Morgan fingerprint density at radius 2 is 2.00 bits per heavy atom. The van der Waals surface area contributed by atoms with E-state index in [-0.39, 0.29) is 17.9 Å². The number of carbonyl (C=O) groups is 1. The maximum absolute atomic E-state index is 12.1. The van der Waals surface area contributed by atoms with Gasteiger partial charge in [0.05, 0.1) is 13.0 Å². The molecule has 0 bridgehead atoms. The molecule has 0 radical (unpaired) electrons. The molecule has 110 valence electrons. The van der Waals surface area contributed by atoms with Crippen molar-refractivity contribution in [2.75, 3.05) is 13.2 Å². The average Bonchev–Trinajstić information content (AvgIpc) is 2.90. The van der Waals surface area contributed by atoms with E-state index >= 15 is 0 Å². The van der Waals surface area contributed by atoms with Gasteiger partial charge in [0.2, 0.25) is 5.91 Å². The highest BCUT2D eigenvalue weighted by molar-refractivity contribution is 5.79. The van der Waals surface area contributed by atoms with Crippen molar-refractivity contribution < 1.29 is 9.90 Å². The van der Waals surface area contributed by atoms with Crippen molar-refractivity contribution in [3.05, 3.63) is 34.9 Å². The Morgan fingerprint density at radius 3 is 2.65 bits per heavy atom. The van der Waals surface area contributed by atoms with E-state index in [9.17, 15) is 9.90 Å². The highest BCUT2D eigenvalue weighted by atomic mass is 16.3. The van der Waals surface area contributed by atoms with Crippen LogP contribution in [-0.2, 0) is 11.2 Å². The fourth-order valence-electron chi connectivity index (χ4n) is 3.03. The highest BCUT2D eigenvalue weighted by Crippen LogP contribution is 2.36. The van der Waals surface area contributed by atoms with Gasteiger partial charge in [0.15, 0.2) is 0 Å². The second kappa shape index (κ2) is 6.40. The van der Waals surface area contributed by atoms with Gasteiger partial charge in [0.25, 0.3) is 0 Å². The molecule has 2 N–H and O–H groups in total. The molecule has 20 heavy (non-hydrogen) atoms. The summed E-state index contributed by atoms with van der Waals surface area (Å²) >= 11 is 0. The first kappa shape index (κ1) is 15.0. The van der Waals surface area contributed by atoms with E-state index in [0.717, 1.165) is 36.8 Å². The SMILES string of the molecule is Cc1ccc(C)c(CC(=O)NCC2(CO)CCCC2)c1. The van der Waals surface area contributed by atoms with Gasteiger partial charge in [-0.2, -0.15) is 0 Å². The predicted octanol–water partition coefficient (Wildman–Crippen LogP) is 2.51. The summed E-state index contributed by atoms with van der Waals surface area (Å²) in [5.41, 5.74) is 3.36. The van der Waals surface area contributed by atoms with E-state index in [1.807, 2.05) is 13.8 Å². The van der Waals surface area contributed by atoms with Crippen LogP contribution in [0.3, 0.4) is 0 Å². The lowest BCUT2D eigenvalue weighted by Gasteiger charge is -2.26. The van der Waals surface area contributed by atoms with Gasteiger partial charge in [-0.15, -0.1) is 0 Å². The number of aliphatic hydroxyl groups is 1. The van der Waals surface area contributed by atoms with Crippen LogP contribution in [0.15, 0.2) is 18.2 Å². The summed E-state index contributed by atoms with van der Waals surface area (Å²) in [4.78, 5) is 12.1. The zero-order valence-electron chi connectivity index (χ0n) is 12.5. The number of amides is 1. The summed E-state index contributed by atoms with van der Waals surface area (Å²) in [7, 11) is 0. The third-order valence-corrected chi connectivity index (χ3v) is 4.52. The molecule has 1 amide bonds. The van der Waals surface area contributed by atoms with E-state index in [1.54, 1.807) is 0 Å². The molecule has 1 saturated carbocycles. The minimum Gasteiger partial charge on any atom is -0.396 e. The number of carbonyl (C=O) groups excluding carboxylic acids is 1. The van der Waals surface area contributed by atoms with E-state index in [4.69, 9.17) is 0 Å². The Kier molecular flexibility index (Phi) is 4.81. The zero-order valence-corrected chi connectivity index (χ0v) is 12.5. The molecule has 0 unspecified atom stereocenters. The van der Waals surface area contributed by atoms with Crippen molar-refractivity contribution in [1.29, 1.82) is 0 Å². The van der Waals surface area contributed by atoms with Crippen molar-refractivity contribution >= 4 is 5.91 Å². The molecule has 1 aromatic rings. The van der Waals surface area contributed by atoms with Crippen molar-refractivity contribution in [1.82, 2.24) is 5.32 Å². The quantitative estimate of drug-likeness (QED) is 0.867. The molecule has 0 saturated heterocycles. The van der Waals surface area contributed by atoms with Crippen LogP contribution in [0.25, 0.3) is 0 Å². The summed E-state index contributed by atoms with van der Waals surface area (Å²) in [5.74, 6) is 0.0541. The number of aliphatic hydroxyl groups excluding tert-OH is 1. The normalized spacial score (nSPS) is 17.1. The van der Waals surface area contributed by atoms with Crippen LogP contribution < -0.4 is 5.32 Å². The molecule has 0 spiro atoms. The summed E-state index contributed by atoms with van der Waals surface area (Å²) in [6.07, 6.45) is 4.79. The minimum atomic E-state index is -0.0721. The van der Waals surface area contributed by atoms with Crippen LogP contribution >= 0.6 is 0 Å². The molecule has 0 aliphatic heterocycles. The van der Waals surface area contributed by atoms with Crippen LogP contribution in [0, 0.1) is 19.3 Å². The molecule has 0 atom stereocenters. The Bertz CT molecular complexity index is 476. The monoisotopic (exact) mass is 275 g/mol. The van der Waals surface area contributed by atoms with Crippen LogP contribution in [-0.4, -0.2) is 24.2 Å². The Labute approximate surface area is 121 Å². The first-order chi connectivity index (χ1) is 9.54. The van der Waals surface area contributed by atoms with Gasteiger partial charge in [-0.05, 0) is 37.8 Å². The lowest BCUT2D eigenvalue weighted by molar-refractivity contribution is -0.121. The number of hydrogen-bond donors (Lipinski definition) is 2. The molecule has 3 heteroatoms. The first-order valence-electron chi connectivity index (χ1n) is 7.48. The summed E-state index contributed by atoms with van der Waals surface area (Å²) in [6.45, 7) is 4.86. The highest BCUT2D eigenvalue weighted by Gasteiger charge is 2.33. The number of aryl methyl sites for hydroxylation is 2. The zero-order chi connectivity index (χ0) is 14.6. The molecule has 1 aromatic carbocycles. The van der Waals surface area contributed by atoms with Gasteiger partial charge in [-0.25, -0.2) is 0 Å². The predicted molar refractivity (Wildman–Crippen MR) is 80.6 cm³/mol. The Hall–Kier alpha value is -1.35. The van der Waals surface area contributed by atoms with Gasteiger partial charge in [-0.1, -0.05) is 36.6 Å². The molecular formula is C17H25NO2. The van der Waals surface area contributed by atoms with Crippen LogP contribution in [0.1, 0.15) is 42.4 Å². The topological polar surface area (TPSA) is 49.3 Å². The number of rotatable bonds is 5. The third-order valence-electron chi connectivity index (χ3n) is 4.52. The van der Waals surface area contributed by atoms with Crippen molar-refractivity contribution in [3.8, 4) is 0 Å². The Morgan fingerprint density at radius 1 is 1.30 bits per heavy atom. The maximum Gasteiger partial charge on any atom is 0.224 e. The molecule has 0 aromatic heterocycles. The molecule has 2 rings (SSSR count). The summed E-state index contributed by atoms with van der Waals surface area (Å²) in [6, 6.07) is 6.20. The van der Waals surface area contributed by atoms with E-state index in [0.29, 0.717) is 13.0 Å². The number of nitrogens with one attached hydrogen (secondary N) is 1. The standard InChI is InChI=1S/C17H25NO2/c1-13-5-6-14(2)15(9-13)10-16(20)18-11-17(12-19)7-3-4-8-17/h5-6,9,19H,3-4,7-8,10-12H2,1-2H3,(H,18,20). The Balaban J connectivity index is 1.91. The molecule has 1 aliphatic carbocycles. The van der Waals surface area contributed by atoms with Crippen molar-refractivity contribution in [2.45, 2.75) is 46.0 Å². The lowest BCUT2D eigenvalue weighted by Crippen LogP contribution is -2.39. The van der Waals surface area contributed by atoms with Gasteiger partial charge in [0, 0.05) is 12.0 Å². The van der Waals surface area contributed by atoms with Crippen molar-refractivity contribution in [2.24, 2.45) is 5.41 Å². The minimum absolute atomic E-state index is 0.0541. The lowest BCUT2D eigenvalue weighted by atomic mass is 9.87. The largest absolute Gasteiger partial charge is 0.396 e. The second-order valence-corrected chi connectivity index (χ2v) is 6.25. The number of benzene rings is 1. The van der Waals surface area contributed by atoms with Crippen molar-refractivity contribution in [3.63, 3.8) is 0 Å². The average molecular weight is 275 g/mol. The fourth-order valence-corrected chi connectivity index (χ4v) is 3.03. The molecular weight excluding hydrogens is 250 g/mol. The molecule has 3 nitrogen and oxygen atoms in total. The maximum atomic E-state index is 12.1. The molecule has 1 aliphatic rings. The van der Waals surface area contributed by atoms with E-state index in [2.05, 4.69) is 23.5 Å².